The number of nitrogen functional groups attached to an aromatic ring is 1. The van der Waals surface area contributed by atoms with E-state index in [1.54, 1.807) is 0 Å². The molecule has 2 aromatic carbocycles. The quantitative estimate of drug-likeness (QED) is 0.671. The number of hydrogen-bond acceptors (Lipinski definition) is 3. The van der Waals surface area contributed by atoms with Crippen LogP contribution in [0.25, 0.3) is 22.4 Å². The lowest BCUT2D eigenvalue weighted by atomic mass is 9.99. The highest BCUT2D eigenvalue weighted by Crippen LogP contribution is 2.39. The summed E-state index contributed by atoms with van der Waals surface area (Å²) in [7, 11) is 0. The van der Waals surface area contributed by atoms with Crippen LogP contribution in [0.15, 0.2) is 51.5 Å². The molecule has 1 heterocycles. The zero-order chi connectivity index (χ0) is 15.0. The van der Waals surface area contributed by atoms with Crippen LogP contribution in [0.3, 0.4) is 0 Å². The number of benzene rings is 2. The van der Waals surface area contributed by atoms with E-state index in [0.717, 1.165) is 26.7 Å². The summed E-state index contributed by atoms with van der Waals surface area (Å²) in [5.41, 5.74) is 10.5. The molecule has 3 rings (SSSR count). The van der Waals surface area contributed by atoms with Gasteiger partial charge in [-0.05, 0) is 24.6 Å². The molecule has 2 N–H and O–H groups in total. The summed E-state index contributed by atoms with van der Waals surface area (Å²) in [5, 5.41) is 4.76. The number of aryl methyl sites for hydroxylation is 1. The Morgan fingerprint density at radius 3 is 2.71 bits per heavy atom. The van der Waals surface area contributed by atoms with Crippen molar-refractivity contribution in [2.75, 3.05) is 5.73 Å². The summed E-state index contributed by atoms with van der Waals surface area (Å²) in [6.07, 6.45) is 0. The molecule has 0 aliphatic carbocycles. The van der Waals surface area contributed by atoms with E-state index in [1.807, 2.05) is 43.3 Å². The number of nitrogens with zero attached hydrogens (tertiary/aromatic N) is 1. The Morgan fingerprint density at radius 2 is 2.00 bits per heavy atom. The Morgan fingerprint density at radius 1 is 1.19 bits per heavy atom. The van der Waals surface area contributed by atoms with Gasteiger partial charge in [-0.15, -0.1) is 0 Å². The van der Waals surface area contributed by atoms with Gasteiger partial charge in [-0.25, -0.2) is 0 Å². The molecule has 0 saturated heterocycles. The van der Waals surface area contributed by atoms with Crippen molar-refractivity contribution in [2.45, 2.75) is 6.92 Å². The third kappa shape index (κ3) is 2.69. The first kappa shape index (κ1) is 14.2. The molecule has 0 saturated carbocycles. The van der Waals surface area contributed by atoms with Crippen molar-refractivity contribution in [3.05, 3.63) is 57.5 Å². The SMILES string of the molecule is Cc1cccc(-c2c(-c3ccc(Cl)cc3Br)noc2N)c1. The topological polar surface area (TPSA) is 52.0 Å². The highest BCUT2D eigenvalue weighted by atomic mass is 79.9. The molecular formula is C16H12BrClN2O. The molecule has 106 valence electrons. The van der Waals surface area contributed by atoms with Crippen molar-refractivity contribution in [1.82, 2.24) is 5.16 Å². The molecule has 0 aliphatic rings. The molecule has 3 nitrogen and oxygen atoms in total. The van der Waals surface area contributed by atoms with Crippen molar-refractivity contribution in [1.29, 1.82) is 0 Å². The Balaban J connectivity index is 2.22. The summed E-state index contributed by atoms with van der Waals surface area (Å²) in [6, 6.07) is 13.6. The van der Waals surface area contributed by atoms with Crippen LogP contribution in [-0.2, 0) is 0 Å². The Hall–Kier alpha value is -1.78. The maximum absolute atomic E-state index is 5.99. The van der Waals surface area contributed by atoms with Gasteiger partial charge in [0.05, 0.1) is 5.56 Å². The van der Waals surface area contributed by atoms with Crippen LogP contribution >= 0.6 is 27.5 Å². The van der Waals surface area contributed by atoms with E-state index < -0.39 is 0 Å². The van der Waals surface area contributed by atoms with Gasteiger partial charge >= 0.3 is 0 Å². The van der Waals surface area contributed by atoms with E-state index >= 15 is 0 Å². The number of hydrogen-bond donors (Lipinski definition) is 1. The first-order valence-corrected chi connectivity index (χ1v) is 7.51. The summed E-state index contributed by atoms with van der Waals surface area (Å²) < 4.78 is 6.05. The molecular weight excluding hydrogens is 352 g/mol. The minimum absolute atomic E-state index is 0.303. The first-order chi connectivity index (χ1) is 10.1. The second kappa shape index (κ2) is 5.54. The van der Waals surface area contributed by atoms with Crippen LogP contribution in [0.2, 0.25) is 5.02 Å². The van der Waals surface area contributed by atoms with Gasteiger partial charge in [0.2, 0.25) is 5.88 Å². The summed E-state index contributed by atoms with van der Waals surface area (Å²) in [5.74, 6) is 0.303. The minimum Gasteiger partial charge on any atom is -0.367 e. The number of nitrogens with two attached hydrogens (primary N) is 1. The molecule has 0 aliphatic heterocycles. The Labute approximate surface area is 135 Å². The van der Waals surface area contributed by atoms with E-state index in [1.165, 1.54) is 0 Å². The van der Waals surface area contributed by atoms with Crippen LogP contribution in [0.1, 0.15) is 5.56 Å². The molecule has 0 unspecified atom stereocenters. The molecule has 1 aromatic heterocycles. The Kier molecular flexibility index (Phi) is 3.74. The fourth-order valence-corrected chi connectivity index (χ4v) is 3.12. The van der Waals surface area contributed by atoms with Gasteiger partial charge in [0.1, 0.15) is 5.69 Å². The van der Waals surface area contributed by atoms with Crippen LogP contribution in [0.4, 0.5) is 5.88 Å². The number of rotatable bonds is 2. The van der Waals surface area contributed by atoms with Crippen molar-refractivity contribution in [2.24, 2.45) is 0 Å². The Bertz CT molecular complexity index is 814. The van der Waals surface area contributed by atoms with E-state index in [2.05, 4.69) is 27.2 Å². The molecule has 21 heavy (non-hydrogen) atoms. The molecule has 0 spiro atoms. The smallest absolute Gasteiger partial charge is 0.230 e. The monoisotopic (exact) mass is 362 g/mol. The maximum atomic E-state index is 5.99. The van der Waals surface area contributed by atoms with Gasteiger partial charge in [-0.1, -0.05) is 68.6 Å². The third-order valence-electron chi connectivity index (χ3n) is 3.21. The lowest BCUT2D eigenvalue weighted by Gasteiger charge is -2.06. The van der Waals surface area contributed by atoms with E-state index in [-0.39, 0.29) is 0 Å². The summed E-state index contributed by atoms with van der Waals surface area (Å²) in [4.78, 5) is 0. The normalized spacial score (nSPS) is 10.8. The molecule has 0 radical (unpaired) electrons. The fourth-order valence-electron chi connectivity index (χ4n) is 2.25. The van der Waals surface area contributed by atoms with E-state index in [9.17, 15) is 0 Å². The zero-order valence-corrected chi connectivity index (χ0v) is 13.6. The standard InChI is InChI=1S/C16H12BrClN2O/c1-9-3-2-4-10(7-9)14-15(20-21-16(14)19)12-6-5-11(18)8-13(12)17/h2-8H,19H2,1H3. The average Bonchev–Trinajstić information content (AvgIpc) is 2.80. The number of anilines is 1. The van der Waals surface area contributed by atoms with Gasteiger partial charge in [0, 0.05) is 15.1 Å². The van der Waals surface area contributed by atoms with Crippen molar-refractivity contribution >= 4 is 33.4 Å². The lowest BCUT2D eigenvalue weighted by Crippen LogP contribution is -1.89. The van der Waals surface area contributed by atoms with Gasteiger partial charge in [-0.3, -0.25) is 0 Å². The second-order valence-corrected chi connectivity index (χ2v) is 6.05. The number of halogens is 2. The molecule has 5 heteroatoms. The molecule has 0 amide bonds. The van der Waals surface area contributed by atoms with Gasteiger partial charge in [0.15, 0.2) is 0 Å². The zero-order valence-electron chi connectivity index (χ0n) is 11.2. The fraction of sp³-hybridized carbons (Fsp3) is 0.0625. The van der Waals surface area contributed by atoms with E-state index in [0.29, 0.717) is 16.6 Å². The summed E-state index contributed by atoms with van der Waals surface area (Å²) in [6.45, 7) is 2.03. The predicted molar refractivity (Wildman–Crippen MR) is 89.2 cm³/mol. The van der Waals surface area contributed by atoms with Crippen LogP contribution in [0.5, 0.6) is 0 Å². The average molecular weight is 364 g/mol. The van der Waals surface area contributed by atoms with Crippen molar-refractivity contribution < 1.29 is 4.52 Å². The van der Waals surface area contributed by atoms with Crippen LogP contribution in [-0.4, -0.2) is 5.16 Å². The highest BCUT2D eigenvalue weighted by molar-refractivity contribution is 9.10. The third-order valence-corrected chi connectivity index (χ3v) is 4.10. The van der Waals surface area contributed by atoms with Crippen LogP contribution in [0, 0.1) is 6.92 Å². The van der Waals surface area contributed by atoms with Gasteiger partial charge < -0.3 is 10.3 Å². The highest BCUT2D eigenvalue weighted by Gasteiger charge is 2.19. The van der Waals surface area contributed by atoms with Crippen molar-refractivity contribution in [3.8, 4) is 22.4 Å². The second-order valence-electron chi connectivity index (χ2n) is 4.76. The maximum Gasteiger partial charge on any atom is 0.230 e. The molecule has 0 atom stereocenters. The first-order valence-electron chi connectivity index (χ1n) is 6.34. The predicted octanol–water partition coefficient (Wildman–Crippen LogP) is 5.32. The minimum atomic E-state index is 0.303. The van der Waals surface area contributed by atoms with Gasteiger partial charge in [-0.2, -0.15) is 0 Å². The molecule has 3 aromatic rings. The lowest BCUT2D eigenvalue weighted by molar-refractivity contribution is 0.439. The van der Waals surface area contributed by atoms with Gasteiger partial charge in [0.25, 0.3) is 0 Å². The summed E-state index contributed by atoms with van der Waals surface area (Å²) >= 11 is 9.50. The molecule has 0 fully saturated rings. The van der Waals surface area contributed by atoms with Crippen LogP contribution < -0.4 is 5.73 Å². The van der Waals surface area contributed by atoms with E-state index in [4.69, 9.17) is 21.9 Å². The van der Waals surface area contributed by atoms with Crippen molar-refractivity contribution in [3.63, 3.8) is 0 Å². The molecule has 0 bridgehead atoms. The largest absolute Gasteiger partial charge is 0.367 e. The number of aromatic nitrogens is 1.